The summed E-state index contributed by atoms with van der Waals surface area (Å²) in [6, 6.07) is 0.0498. The van der Waals surface area contributed by atoms with Crippen molar-refractivity contribution in [2.75, 3.05) is 0 Å². The fraction of sp³-hybridized carbons (Fsp3) is 0.929. The standard InChI is InChI=1S/C14H27NO/c1-13(2,3)12(16)11(10-8-7-9-10)15-14(4,5)6/h10-11,15H,7-9H2,1-6H3. The van der Waals surface area contributed by atoms with Crippen LogP contribution in [0.4, 0.5) is 0 Å². The normalized spacial score (nSPS) is 20.4. The average molecular weight is 225 g/mol. The quantitative estimate of drug-likeness (QED) is 0.799. The average Bonchev–Trinajstić information content (AvgIpc) is 1.93. The summed E-state index contributed by atoms with van der Waals surface area (Å²) in [4.78, 5) is 12.4. The second-order valence-corrected chi connectivity index (χ2v) is 7.18. The van der Waals surface area contributed by atoms with Gasteiger partial charge >= 0.3 is 0 Å². The van der Waals surface area contributed by atoms with Crippen LogP contribution < -0.4 is 5.32 Å². The van der Waals surface area contributed by atoms with Crippen molar-refractivity contribution in [3.63, 3.8) is 0 Å². The van der Waals surface area contributed by atoms with Gasteiger partial charge in [0, 0.05) is 11.0 Å². The number of Topliss-reactive ketones (excluding diaryl/α,β-unsaturated/α-hetero) is 1. The topological polar surface area (TPSA) is 29.1 Å². The van der Waals surface area contributed by atoms with Crippen molar-refractivity contribution < 1.29 is 4.79 Å². The summed E-state index contributed by atoms with van der Waals surface area (Å²) in [5, 5.41) is 3.51. The fourth-order valence-electron chi connectivity index (χ4n) is 2.10. The van der Waals surface area contributed by atoms with E-state index in [1.807, 2.05) is 20.8 Å². The Balaban J connectivity index is 2.75. The zero-order valence-corrected chi connectivity index (χ0v) is 11.7. The van der Waals surface area contributed by atoms with Crippen molar-refractivity contribution in [1.82, 2.24) is 5.32 Å². The van der Waals surface area contributed by atoms with Gasteiger partial charge in [0.2, 0.25) is 0 Å². The molecule has 2 nitrogen and oxygen atoms in total. The highest BCUT2D eigenvalue weighted by Crippen LogP contribution is 2.34. The molecule has 94 valence electrons. The van der Waals surface area contributed by atoms with Crippen molar-refractivity contribution in [3.8, 4) is 0 Å². The summed E-state index contributed by atoms with van der Waals surface area (Å²) < 4.78 is 0. The van der Waals surface area contributed by atoms with E-state index in [1.54, 1.807) is 0 Å². The van der Waals surface area contributed by atoms with E-state index in [-0.39, 0.29) is 17.0 Å². The second kappa shape index (κ2) is 4.48. The molecule has 2 heteroatoms. The number of carbonyl (C=O) groups is 1. The Morgan fingerprint density at radius 3 is 1.88 bits per heavy atom. The van der Waals surface area contributed by atoms with E-state index >= 15 is 0 Å². The maximum Gasteiger partial charge on any atom is 0.155 e. The third kappa shape index (κ3) is 3.58. The van der Waals surface area contributed by atoms with Gasteiger partial charge < -0.3 is 5.32 Å². The zero-order chi connectivity index (χ0) is 12.6. The molecule has 1 atom stereocenters. The molecule has 16 heavy (non-hydrogen) atoms. The van der Waals surface area contributed by atoms with Crippen molar-refractivity contribution in [2.45, 2.75) is 72.4 Å². The van der Waals surface area contributed by atoms with E-state index in [0.29, 0.717) is 11.7 Å². The summed E-state index contributed by atoms with van der Waals surface area (Å²) in [6.45, 7) is 12.5. The number of rotatable bonds is 3. The molecule has 0 aromatic heterocycles. The lowest BCUT2D eigenvalue weighted by Crippen LogP contribution is -2.55. The van der Waals surface area contributed by atoms with Crippen molar-refractivity contribution in [3.05, 3.63) is 0 Å². The van der Waals surface area contributed by atoms with Crippen LogP contribution in [0.15, 0.2) is 0 Å². The Labute approximate surface area is 100 Å². The monoisotopic (exact) mass is 225 g/mol. The second-order valence-electron chi connectivity index (χ2n) is 7.18. The number of carbonyl (C=O) groups excluding carboxylic acids is 1. The molecule has 1 saturated carbocycles. The van der Waals surface area contributed by atoms with E-state index in [4.69, 9.17) is 0 Å². The molecule has 0 aliphatic heterocycles. The molecular weight excluding hydrogens is 198 g/mol. The van der Waals surface area contributed by atoms with Crippen LogP contribution in [0.1, 0.15) is 60.8 Å². The first kappa shape index (κ1) is 13.7. The molecule has 1 rings (SSSR count). The van der Waals surface area contributed by atoms with Crippen LogP contribution in [0.2, 0.25) is 0 Å². The Kier molecular flexibility index (Phi) is 3.83. The molecule has 1 unspecified atom stereocenters. The van der Waals surface area contributed by atoms with Gasteiger partial charge in [0.05, 0.1) is 6.04 Å². The predicted molar refractivity (Wildman–Crippen MR) is 68.5 cm³/mol. The zero-order valence-electron chi connectivity index (χ0n) is 11.7. The first-order valence-corrected chi connectivity index (χ1v) is 6.43. The van der Waals surface area contributed by atoms with Gasteiger partial charge in [-0.1, -0.05) is 27.2 Å². The van der Waals surface area contributed by atoms with E-state index < -0.39 is 0 Å². The Morgan fingerprint density at radius 2 is 1.62 bits per heavy atom. The Bertz CT molecular complexity index is 253. The maximum atomic E-state index is 12.4. The van der Waals surface area contributed by atoms with E-state index in [2.05, 4.69) is 26.1 Å². The van der Waals surface area contributed by atoms with Crippen LogP contribution in [0.25, 0.3) is 0 Å². The van der Waals surface area contributed by atoms with Gasteiger partial charge in [0.15, 0.2) is 5.78 Å². The van der Waals surface area contributed by atoms with Gasteiger partial charge in [0.1, 0.15) is 0 Å². The van der Waals surface area contributed by atoms with Crippen LogP contribution in [0.3, 0.4) is 0 Å². The highest BCUT2D eigenvalue weighted by molar-refractivity contribution is 5.89. The highest BCUT2D eigenvalue weighted by atomic mass is 16.1. The minimum atomic E-state index is -0.238. The van der Waals surface area contributed by atoms with Gasteiger partial charge in [-0.2, -0.15) is 0 Å². The number of ketones is 1. The molecule has 0 radical (unpaired) electrons. The molecule has 1 aliphatic rings. The molecular formula is C14H27NO. The van der Waals surface area contributed by atoms with E-state index in [0.717, 1.165) is 0 Å². The SMILES string of the molecule is CC(C)(C)NC(C(=O)C(C)(C)C)C1CCC1. The van der Waals surface area contributed by atoms with Gasteiger partial charge in [0.25, 0.3) is 0 Å². The lowest BCUT2D eigenvalue weighted by molar-refractivity contribution is -0.131. The van der Waals surface area contributed by atoms with Gasteiger partial charge in [-0.3, -0.25) is 4.79 Å². The Morgan fingerprint density at radius 1 is 1.12 bits per heavy atom. The first-order valence-electron chi connectivity index (χ1n) is 6.43. The third-order valence-corrected chi connectivity index (χ3v) is 3.23. The molecule has 0 aromatic carbocycles. The summed E-state index contributed by atoms with van der Waals surface area (Å²) in [7, 11) is 0. The molecule has 0 saturated heterocycles. The number of nitrogens with one attached hydrogen (secondary N) is 1. The van der Waals surface area contributed by atoms with Crippen LogP contribution in [0.5, 0.6) is 0 Å². The van der Waals surface area contributed by atoms with Crippen molar-refractivity contribution in [1.29, 1.82) is 0 Å². The van der Waals surface area contributed by atoms with Crippen LogP contribution in [-0.2, 0) is 4.79 Å². The Hall–Kier alpha value is -0.370. The fourth-order valence-corrected chi connectivity index (χ4v) is 2.10. The van der Waals surface area contributed by atoms with Crippen molar-refractivity contribution >= 4 is 5.78 Å². The van der Waals surface area contributed by atoms with Gasteiger partial charge in [-0.15, -0.1) is 0 Å². The largest absolute Gasteiger partial charge is 0.302 e. The smallest absolute Gasteiger partial charge is 0.155 e. The van der Waals surface area contributed by atoms with Crippen LogP contribution >= 0.6 is 0 Å². The van der Waals surface area contributed by atoms with E-state index in [9.17, 15) is 4.79 Å². The molecule has 1 N–H and O–H groups in total. The van der Waals surface area contributed by atoms with Crippen LogP contribution in [0, 0.1) is 11.3 Å². The molecule has 1 fully saturated rings. The lowest BCUT2D eigenvalue weighted by atomic mass is 9.72. The van der Waals surface area contributed by atoms with Gasteiger partial charge in [-0.25, -0.2) is 0 Å². The third-order valence-electron chi connectivity index (χ3n) is 3.23. The first-order chi connectivity index (χ1) is 7.11. The molecule has 0 spiro atoms. The van der Waals surface area contributed by atoms with Crippen molar-refractivity contribution in [2.24, 2.45) is 11.3 Å². The summed E-state index contributed by atoms with van der Waals surface area (Å²) >= 11 is 0. The minimum Gasteiger partial charge on any atom is -0.302 e. The molecule has 0 aromatic rings. The highest BCUT2D eigenvalue weighted by Gasteiger charge is 2.39. The lowest BCUT2D eigenvalue weighted by Gasteiger charge is -2.40. The summed E-state index contributed by atoms with van der Waals surface area (Å²) in [5.41, 5.74) is -0.223. The van der Waals surface area contributed by atoms with Crippen LogP contribution in [-0.4, -0.2) is 17.4 Å². The summed E-state index contributed by atoms with van der Waals surface area (Å²) in [6.07, 6.45) is 3.69. The maximum absolute atomic E-state index is 12.4. The number of hydrogen-bond donors (Lipinski definition) is 1. The molecule has 0 heterocycles. The summed E-state index contributed by atoms with van der Waals surface area (Å²) in [5.74, 6) is 0.929. The molecule has 1 aliphatic carbocycles. The molecule has 0 bridgehead atoms. The number of hydrogen-bond acceptors (Lipinski definition) is 2. The van der Waals surface area contributed by atoms with E-state index in [1.165, 1.54) is 19.3 Å². The minimum absolute atomic E-state index is 0.0150. The predicted octanol–water partition coefficient (Wildman–Crippen LogP) is 3.16. The van der Waals surface area contributed by atoms with Gasteiger partial charge in [-0.05, 0) is 39.5 Å². The molecule has 0 amide bonds.